The molecule has 0 unspecified atom stereocenters. The van der Waals surface area contributed by atoms with E-state index in [-0.39, 0.29) is 16.8 Å². The molecule has 7 nitrogen and oxygen atoms in total. The molecular formula is C14H15N3O4. The predicted octanol–water partition coefficient (Wildman–Crippen LogP) is 1.10. The first-order valence-corrected chi connectivity index (χ1v) is 6.50. The number of aliphatic carboxylic acids is 1. The van der Waals surface area contributed by atoms with Gasteiger partial charge in [-0.1, -0.05) is 13.3 Å². The number of phenolic OH excluding ortho intramolecular Hbond substituents is 1. The summed E-state index contributed by atoms with van der Waals surface area (Å²) >= 11 is 0. The van der Waals surface area contributed by atoms with E-state index in [1.54, 1.807) is 6.07 Å². The number of phenols is 1. The van der Waals surface area contributed by atoms with Crippen molar-refractivity contribution in [3.8, 4) is 5.75 Å². The van der Waals surface area contributed by atoms with Gasteiger partial charge in [0.25, 0.3) is 5.91 Å². The van der Waals surface area contributed by atoms with Crippen molar-refractivity contribution in [3.63, 3.8) is 0 Å². The third-order valence-corrected chi connectivity index (χ3v) is 2.96. The van der Waals surface area contributed by atoms with Crippen LogP contribution in [0.1, 0.15) is 29.3 Å². The molecule has 1 aromatic carbocycles. The number of aryl methyl sites for hydroxylation is 1. The summed E-state index contributed by atoms with van der Waals surface area (Å²) in [5.41, 5.74) is 1.29. The lowest BCUT2D eigenvalue weighted by atomic mass is 10.0. The van der Waals surface area contributed by atoms with Gasteiger partial charge in [0.05, 0.1) is 5.52 Å². The number of hydrogen-bond donors (Lipinski definition) is 3. The smallest absolute Gasteiger partial charge is 0.322 e. The van der Waals surface area contributed by atoms with E-state index in [0.717, 1.165) is 6.42 Å². The van der Waals surface area contributed by atoms with Gasteiger partial charge in [0.2, 0.25) is 0 Å². The van der Waals surface area contributed by atoms with E-state index in [0.29, 0.717) is 17.5 Å². The molecule has 0 radical (unpaired) electrons. The summed E-state index contributed by atoms with van der Waals surface area (Å²) in [5.74, 6) is -2.02. The van der Waals surface area contributed by atoms with E-state index >= 15 is 0 Å². The Labute approximate surface area is 120 Å². The zero-order chi connectivity index (χ0) is 15.4. The molecule has 7 heteroatoms. The Balaban J connectivity index is 2.55. The van der Waals surface area contributed by atoms with Crippen molar-refractivity contribution >= 4 is 22.9 Å². The molecule has 0 saturated carbocycles. The molecule has 110 valence electrons. The molecule has 21 heavy (non-hydrogen) atoms. The average molecular weight is 289 g/mol. The molecule has 0 saturated heterocycles. The van der Waals surface area contributed by atoms with Gasteiger partial charge in [-0.15, -0.1) is 0 Å². The number of carbonyl (C=O) groups excluding carboxylic acids is 1. The van der Waals surface area contributed by atoms with Gasteiger partial charge in [0.1, 0.15) is 23.4 Å². The van der Waals surface area contributed by atoms with Crippen LogP contribution >= 0.6 is 0 Å². The van der Waals surface area contributed by atoms with Gasteiger partial charge in [0.15, 0.2) is 0 Å². The topological polar surface area (TPSA) is 112 Å². The summed E-state index contributed by atoms with van der Waals surface area (Å²) < 4.78 is 0. The van der Waals surface area contributed by atoms with Crippen LogP contribution in [0.4, 0.5) is 0 Å². The van der Waals surface area contributed by atoms with Crippen LogP contribution in [0.2, 0.25) is 0 Å². The van der Waals surface area contributed by atoms with E-state index in [9.17, 15) is 14.7 Å². The third kappa shape index (κ3) is 3.07. The number of aromatic hydroxyl groups is 1. The predicted molar refractivity (Wildman–Crippen MR) is 75.2 cm³/mol. The molecule has 0 atom stereocenters. The lowest BCUT2D eigenvalue weighted by molar-refractivity contribution is -0.135. The maximum atomic E-state index is 12.1. The van der Waals surface area contributed by atoms with Crippen LogP contribution in [0.5, 0.6) is 5.75 Å². The number of aromatic nitrogens is 2. The summed E-state index contributed by atoms with van der Waals surface area (Å²) in [4.78, 5) is 30.9. The second-order valence-corrected chi connectivity index (χ2v) is 4.51. The van der Waals surface area contributed by atoms with Crippen molar-refractivity contribution in [1.82, 2.24) is 15.3 Å². The zero-order valence-corrected chi connectivity index (χ0v) is 11.5. The first kappa shape index (κ1) is 14.7. The third-order valence-electron chi connectivity index (χ3n) is 2.96. The summed E-state index contributed by atoms with van der Waals surface area (Å²) in [6.45, 7) is 1.42. The SMILES string of the molecule is CCCc1cc2nccnc2c(C(=O)NCC(=O)O)c1O. The van der Waals surface area contributed by atoms with Crippen molar-refractivity contribution in [2.24, 2.45) is 0 Å². The molecule has 0 spiro atoms. The number of benzene rings is 1. The van der Waals surface area contributed by atoms with Crippen LogP contribution in [0.25, 0.3) is 11.0 Å². The number of hydrogen-bond acceptors (Lipinski definition) is 5. The fourth-order valence-corrected chi connectivity index (χ4v) is 2.07. The minimum Gasteiger partial charge on any atom is -0.507 e. The van der Waals surface area contributed by atoms with Crippen molar-refractivity contribution < 1.29 is 19.8 Å². The molecule has 3 N–H and O–H groups in total. The lowest BCUT2D eigenvalue weighted by Gasteiger charge is -2.11. The summed E-state index contributed by atoms with van der Waals surface area (Å²) in [7, 11) is 0. The second kappa shape index (κ2) is 6.17. The number of rotatable bonds is 5. The number of carboxylic acids is 1. The Kier molecular flexibility index (Phi) is 4.32. The number of nitrogens with zero attached hydrogens (tertiary/aromatic N) is 2. The van der Waals surface area contributed by atoms with E-state index in [2.05, 4.69) is 15.3 Å². The fraction of sp³-hybridized carbons (Fsp3) is 0.286. The van der Waals surface area contributed by atoms with Crippen LogP contribution < -0.4 is 5.32 Å². The molecule has 0 aliphatic carbocycles. The van der Waals surface area contributed by atoms with Crippen LogP contribution in [-0.2, 0) is 11.2 Å². The molecule has 1 amide bonds. The van der Waals surface area contributed by atoms with Gasteiger partial charge < -0.3 is 15.5 Å². The molecule has 0 aliphatic rings. The molecular weight excluding hydrogens is 274 g/mol. The van der Waals surface area contributed by atoms with Gasteiger partial charge in [-0.05, 0) is 18.1 Å². The van der Waals surface area contributed by atoms with Gasteiger partial charge in [-0.3, -0.25) is 19.6 Å². The van der Waals surface area contributed by atoms with Crippen molar-refractivity contribution in [1.29, 1.82) is 0 Å². The van der Waals surface area contributed by atoms with E-state index in [1.165, 1.54) is 12.4 Å². The number of fused-ring (bicyclic) bond motifs is 1. The van der Waals surface area contributed by atoms with Gasteiger partial charge in [-0.25, -0.2) is 0 Å². The molecule has 0 aliphatic heterocycles. The first-order chi connectivity index (χ1) is 10.0. The molecule has 2 aromatic rings. The lowest BCUT2D eigenvalue weighted by Crippen LogP contribution is -2.29. The largest absolute Gasteiger partial charge is 0.507 e. The minimum atomic E-state index is -1.16. The van der Waals surface area contributed by atoms with Crippen LogP contribution in [-0.4, -0.2) is 38.6 Å². The van der Waals surface area contributed by atoms with Gasteiger partial charge in [-0.2, -0.15) is 0 Å². The van der Waals surface area contributed by atoms with Crippen LogP contribution in [0.15, 0.2) is 18.5 Å². The Morgan fingerprint density at radius 2 is 2.00 bits per heavy atom. The number of carboxylic acid groups (broad SMARTS) is 1. The van der Waals surface area contributed by atoms with E-state index in [4.69, 9.17) is 5.11 Å². The highest BCUT2D eigenvalue weighted by molar-refractivity contribution is 6.08. The Bertz CT molecular complexity index is 700. The van der Waals surface area contributed by atoms with E-state index < -0.39 is 18.4 Å². The van der Waals surface area contributed by atoms with Crippen LogP contribution in [0, 0.1) is 0 Å². The number of nitrogens with one attached hydrogen (secondary N) is 1. The highest BCUT2D eigenvalue weighted by atomic mass is 16.4. The van der Waals surface area contributed by atoms with Crippen molar-refractivity contribution in [2.45, 2.75) is 19.8 Å². The molecule has 1 heterocycles. The summed E-state index contributed by atoms with van der Waals surface area (Å²) in [6.07, 6.45) is 4.27. The summed E-state index contributed by atoms with van der Waals surface area (Å²) in [5, 5.41) is 21.1. The minimum absolute atomic E-state index is 0.0368. The Hall–Kier alpha value is -2.70. The van der Waals surface area contributed by atoms with Crippen LogP contribution in [0.3, 0.4) is 0 Å². The Morgan fingerprint density at radius 1 is 1.29 bits per heavy atom. The number of amides is 1. The standard InChI is InChI=1S/C14H15N3O4/c1-2-3-8-6-9-12(16-5-4-15-9)11(13(8)20)14(21)17-7-10(18)19/h4-6,20H,2-3,7H2,1H3,(H,17,21)(H,18,19). The number of carbonyl (C=O) groups is 2. The maximum Gasteiger partial charge on any atom is 0.322 e. The first-order valence-electron chi connectivity index (χ1n) is 6.50. The zero-order valence-electron chi connectivity index (χ0n) is 11.5. The monoisotopic (exact) mass is 289 g/mol. The quantitative estimate of drug-likeness (QED) is 0.760. The average Bonchev–Trinajstić information content (AvgIpc) is 2.46. The van der Waals surface area contributed by atoms with E-state index in [1.807, 2.05) is 6.92 Å². The maximum absolute atomic E-state index is 12.1. The fourth-order valence-electron chi connectivity index (χ4n) is 2.07. The van der Waals surface area contributed by atoms with Gasteiger partial charge >= 0.3 is 5.97 Å². The van der Waals surface area contributed by atoms with Crippen molar-refractivity contribution in [3.05, 3.63) is 29.6 Å². The molecule has 2 rings (SSSR count). The highest BCUT2D eigenvalue weighted by Gasteiger charge is 2.20. The molecule has 0 fully saturated rings. The summed E-state index contributed by atoms with van der Waals surface area (Å²) in [6, 6.07) is 1.69. The molecule has 1 aromatic heterocycles. The molecule has 0 bridgehead atoms. The van der Waals surface area contributed by atoms with Crippen molar-refractivity contribution in [2.75, 3.05) is 6.54 Å². The normalized spacial score (nSPS) is 10.5. The Morgan fingerprint density at radius 3 is 2.67 bits per heavy atom. The highest BCUT2D eigenvalue weighted by Crippen LogP contribution is 2.30. The van der Waals surface area contributed by atoms with Gasteiger partial charge in [0, 0.05) is 12.4 Å². The second-order valence-electron chi connectivity index (χ2n) is 4.51.